The van der Waals surface area contributed by atoms with E-state index in [1.54, 1.807) is 33.4 Å². The highest BCUT2D eigenvalue weighted by Gasteiger charge is 2.19. The fourth-order valence-electron chi connectivity index (χ4n) is 4.20. The highest BCUT2D eigenvalue weighted by molar-refractivity contribution is 7.98. The van der Waals surface area contributed by atoms with E-state index in [1.807, 2.05) is 24.3 Å². The Balaban J connectivity index is 1.70. The molecule has 5 aromatic rings. The Morgan fingerprint density at radius 2 is 1.61 bits per heavy atom. The van der Waals surface area contributed by atoms with Crippen molar-refractivity contribution < 1.29 is 9.47 Å². The first kappa shape index (κ1) is 23.6. The molecular formula is C27H24N4O4S. The van der Waals surface area contributed by atoms with E-state index in [2.05, 4.69) is 29.2 Å². The van der Waals surface area contributed by atoms with Gasteiger partial charge in [0.25, 0.3) is 5.56 Å². The van der Waals surface area contributed by atoms with E-state index >= 15 is 0 Å². The molecule has 0 amide bonds. The molecule has 0 bridgehead atoms. The van der Waals surface area contributed by atoms with Gasteiger partial charge in [-0.2, -0.15) is 0 Å². The van der Waals surface area contributed by atoms with Crippen LogP contribution in [0.5, 0.6) is 11.5 Å². The van der Waals surface area contributed by atoms with Gasteiger partial charge in [-0.3, -0.25) is 13.9 Å². The normalized spacial score (nSPS) is 11.2. The van der Waals surface area contributed by atoms with E-state index in [0.717, 1.165) is 20.9 Å². The molecule has 0 radical (unpaired) electrons. The summed E-state index contributed by atoms with van der Waals surface area (Å²) in [5, 5.41) is 3.11. The summed E-state index contributed by atoms with van der Waals surface area (Å²) in [6.07, 6.45) is 0. The molecular weight excluding hydrogens is 476 g/mol. The second kappa shape index (κ2) is 9.50. The Labute approximate surface area is 211 Å². The third-order valence-corrected chi connectivity index (χ3v) is 7.18. The quantitative estimate of drug-likeness (QED) is 0.256. The van der Waals surface area contributed by atoms with E-state index < -0.39 is 11.2 Å². The van der Waals surface area contributed by atoms with Gasteiger partial charge in [0.15, 0.2) is 23.0 Å². The highest BCUT2D eigenvalue weighted by Crippen LogP contribution is 2.34. The van der Waals surface area contributed by atoms with Crippen LogP contribution in [0.15, 0.2) is 75.3 Å². The summed E-state index contributed by atoms with van der Waals surface area (Å²) < 4.78 is 13.3. The Bertz CT molecular complexity index is 1740. The molecule has 3 aromatic carbocycles. The second-order valence-corrected chi connectivity index (χ2v) is 9.22. The van der Waals surface area contributed by atoms with Crippen LogP contribution in [0.25, 0.3) is 33.2 Å². The largest absolute Gasteiger partial charge is 0.493 e. The van der Waals surface area contributed by atoms with Gasteiger partial charge in [0.1, 0.15) is 10.4 Å². The molecule has 5 rings (SSSR count). The zero-order valence-corrected chi connectivity index (χ0v) is 21.1. The van der Waals surface area contributed by atoms with Crippen LogP contribution in [0, 0.1) is 0 Å². The number of hydrogen-bond donors (Lipinski definition) is 0. The Morgan fingerprint density at radius 3 is 2.39 bits per heavy atom. The standard InChI is InChI=1S/C27H24N4O4S/c1-30-24-22(26(32)31(2)27(30)33)25(36-15-18-10-7-9-16-8-5-6-11-19(16)18)29-23(28-24)17-12-13-20(34-3)21(14-17)35-4/h5-14H,15H2,1-4H3. The first-order valence-electron chi connectivity index (χ1n) is 11.2. The molecule has 0 fully saturated rings. The van der Waals surface area contributed by atoms with Gasteiger partial charge in [-0.15, -0.1) is 11.8 Å². The van der Waals surface area contributed by atoms with Crippen molar-refractivity contribution in [1.82, 2.24) is 19.1 Å². The van der Waals surface area contributed by atoms with Crippen molar-refractivity contribution in [2.75, 3.05) is 14.2 Å². The van der Waals surface area contributed by atoms with Crippen LogP contribution in [-0.2, 0) is 19.8 Å². The van der Waals surface area contributed by atoms with E-state index in [9.17, 15) is 9.59 Å². The average molecular weight is 501 g/mol. The van der Waals surface area contributed by atoms with Crippen molar-refractivity contribution in [1.29, 1.82) is 0 Å². The molecule has 0 N–H and O–H groups in total. The van der Waals surface area contributed by atoms with Crippen LogP contribution in [0.4, 0.5) is 0 Å². The summed E-state index contributed by atoms with van der Waals surface area (Å²) in [5.41, 5.74) is 1.21. The first-order chi connectivity index (χ1) is 17.4. The van der Waals surface area contributed by atoms with Crippen LogP contribution in [-0.4, -0.2) is 33.3 Å². The van der Waals surface area contributed by atoms with Gasteiger partial charge in [0, 0.05) is 25.4 Å². The van der Waals surface area contributed by atoms with Gasteiger partial charge in [-0.05, 0) is 34.5 Å². The average Bonchev–Trinajstić information content (AvgIpc) is 2.92. The van der Waals surface area contributed by atoms with Crippen molar-refractivity contribution in [3.8, 4) is 22.9 Å². The van der Waals surface area contributed by atoms with E-state index in [1.165, 1.54) is 23.4 Å². The van der Waals surface area contributed by atoms with Crippen LogP contribution < -0.4 is 20.7 Å². The minimum atomic E-state index is -0.450. The number of hydrogen-bond acceptors (Lipinski definition) is 7. The third kappa shape index (κ3) is 4.01. The summed E-state index contributed by atoms with van der Waals surface area (Å²) in [7, 11) is 6.19. The summed E-state index contributed by atoms with van der Waals surface area (Å²) in [6, 6.07) is 19.7. The number of benzene rings is 3. The zero-order valence-electron chi connectivity index (χ0n) is 20.3. The lowest BCUT2D eigenvalue weighted by molar-refractivity contribution is 0.355. The molecule has 0 saturated carbocycles. The summed E-state index contributed by atoms with van der Waals surface area (Å²) in [4.78, 5) is 35.3. The summed E-state index contributed by atoms with van der Waals surface area (Å²) in [5.74, 6) is 2.08. The minimum Gasteiger partial charge on any atom is -0.493 e. The predicted octanol–water partition coefficient (Wildman–Crippen LogP) is 4.16. The number of rotatable bonds is 6. The third-order valence-electron chi connectivity index (χ3n) is 6.15. The Hall–Kier alpha value is -4.11. The molecule has 0 atom stereocenters. The lowest BCUT2D eigenvalue weighted by Crippen LogP contribution is -2.37. The van der Waals surface area contributed by atoms with Crippen LogP contribution >= 0.6 is 11.8 Å². The van der Waals surface area contributed by atoms with E-state index in [4.69, 9.17) is 14.5 Å². The van der Waals surface area contributed by atoms with Gasteiger partial charge >= 0.3 is 5.69 Å². The number of methoxy groups -OCH3 is 2. The first-order valence-corrected chi connectivity index (χ1v) is 12.2. The van der Waals surface area contributed by atoms with Crippen LogP contribution in [0.1, 0.15) is 5.56 Å². The predicted molar refractivity (Wildman–Crippen MR) is 142 cm³/mol. The Kier molecular flexibility index (Phi) is 6.24. The number of thioether (sulfide) groups is 1. The summed E-state index contributed by atoms with van der Waals surface area (Å²) >= 11 is 1.45. The smallest absolute Gasteiger partial charge is 0.332 e. The van der Waals surface area contributed by atoms with Crippen molar-refractivity contribution in [2.24, 2.45) is 14.1 Å². The van der Waals surface area contributed by atoms with Gasteiger partial charge < -0.3 is 9.47 Å². The SMILES string of the molecule is COc1ccc(-c2nc(SCc3cccc4ccccc34)c3c(=O)n(C)c(=O)n(C)c3n2)cc1OC. The monoisotopic (exact) mass is 500 g/mol. The molecule has 182 valence electrons. The minimum absolute atomic E-state index is 0.281. The fraction of sp³-hybridized carbons (Fsp3) is 0.185. The lowest BCUT2D eigenvalue weighted by atomic mass is 10.1. The van der Waals surface area contributed by atoms with Crippen molar-refractivity contribution in [3.63, 3.8) is 0 Å². The zero-order chi connectivity index (χ0) is 25.4. The molecule has 36 heavy (non-hydrogen) atoms. The number of fused-ring (bicyclic) bond motifs is 2. The fourth-order valence-corrected chi connectivity index (χ4v) is 5.22. The molecule has 0 aliphatic rings. The Morgan fingerprint density at radius 1 is 0.861 bits per heavy atom. The molecule has 2 heterocycles. The number of aromatic nitrogens is 4. The maximum Gasteiger partial charge on any atom is 0.332 e. The molecule has 0 unspecified atom stereocenters. The summed E-state index contributed by atoms with van der Waals surface area (Å²) in [6.45, 7) is 0. The molecule has 0 aliphatic heterocycles. The molecule has 8 nitrogen and oxygen atoms in total. The van der Waals surface area contributed by atoms with Gasteiger partial charge in [-0.1, -0.05) is 42.5 Å². The van der Waals surface area contributed by atoms with E-state index in [-0.39, 0.29) is 5.65 Å². The number of nitrogens with zero attached hydrogens (tertiary/aromatic N) is 4. The van der Waals surface area contributed by atoms with Gasteiger partial charge in [-0.25, -0.2) is 14.8 Å². The topological polar surface area (TPSA) is 88.2 Å². The van der Waals surface area contributed by atoms with Gasteiger partial charge in [0.2, 0.25) is 0 Å². The molecule has 0 aliphatic carbocycles. The maximum absolute atomic E-state index is 13.2. The molecule has 0 saturated heterocycles. The second-order valence-electron chi connectivity index (χ2n) is 8.25. The van der Waals surface area contributed by atoms with Gasteiger partial charge in [0.05, 0.1) is 14.2 Å². The molecule has 0 spiro atoms. The number of ether oxygens (including phenoxy) is 2. The highest BCUT2D eigenvalue weighted by atomic mass is 32.2. The van der Waals surface area contributed by atoms with Crippen LogP contribution in [0.2, 0.25) is 0 Å². The van der Waals surface area contributed by atoms with E-state index in [0.29, 0.717) is 39.1 Å². The maximum atomic E-state index is 13.2. The van der Waals surface area contributed by atoms with Crippen molar-refractivity contribution in [2.45, 2.75) is 10.8 Å². The molecule has 2 aromatic heterocycles. The lowest BCUT2D eigenvalue weighted by Gasteiger charge is -2.13. The van der Waals surface area contributed by atoms with Crippen molar-refractivity contribution >= 4 is 33.6 Å². The van der Waals surface area contributed by atoms with Crippen LogP contribution in [0.3, 0.4) is 0 Å². The van der Waals surface area contributed by atoms with Crippen molar-refractivity contribution in [3.05, 3.63) is 87.1 Å². The number of aryl methyl sites for hydroxylation is 1. The molecule has 9 heteroatoms.